The van der Waals surface area contributed by atoms with Gasteiger partial charge in [-0.2, -0.15) is 0 Å². The number of ether oxygens (including phenoxy) is 1. The Balaban J connectivity index is 3.01. The molecule has 3 nitrogen and oxygen atoms in total. The molecule has 1 aromatic carbocycles. The number of nitrogens with zero attached hydrogens (tertiary/aromatic N) is 1. The van der Waals surface area contributed by atoms with Crippen molar-refractivity contribution in [3.05, 3.63) is 34.6 Å². The molecule has 0 bridgehead atoms. The molecule has 1 aromatic rings. The van der Waals surface area contributed by atoms with Crippen LogP contribution in [0.25, 0.3) is 0 Å². The first kappa shape index (κ1) is 17.4. The molecule has 2 unspecified atom stereocenters. The molecule has 5 heteroatoms. The Morgan fingerprint density at radius 1 is 1.45 bits per heavy atom. The second-order valence-corrected chi connectivity index (χ2v) is 5.32. The molecule has 2 atom stereocenters. The van der Waals surface area contributed by atoms with Crippen LogP contribution in [0.4, 0.5) is 4.39 Å². The third-order valence-electron chi connectivity index (χ3n) is 3.66. The minimum absolute atomic E-state index is 0.0122. The summed E-state index contributed by atoms with van der Waals surface area (Å²) in [5.41, 5.74) is 6.88. The lowest BCUT2D eigenvalue weighted by molar-refractivity contribution is 0.0902. The molecule has 0 saturated heterocycles. The number of hydrogen-bond acceptors (Lipinski definition) is 3. The molecule has 0 aliphatic heterocycles. The van der Waals surface area contributed by atoms with E-state index in [-0.39, 0.29) is 11.1 Å². The predicted molar refractivity (Wildman–Crippen MR) is 81.5 cm³/mol. The van der Waals surface area contributed by atoms with Crippen molar-refractivity contribution in [2.45, 2.75) is 32.4 Å². The number of rotatable bonds is 8. The maximum Gasteiger partial charge on any atom is 0.141 e. The van der Waals surface area contributed by atoms with Gasteiger partial charge in [-0.3, -0.25) is 4.90 Å². The Labute approximate surface area is 125 Å². The largest absolute Gasteiger partial charge is 0.383 e. The maximum atomic E-state index is 13.3. The van der Waals surface area contributed by atoms with Crippen molar-refractivity contribution in [3.63, 3.8) is 0 Å². The lowest BCUT2D eigenvalue weighted by Gasteiger charge is -2.35. The summed E-state index contributed by atoms with van der Waals surface area (Å²) in [6.45, 7) is 6.16. The number of hydrogen-bond donors (Lipinski definition) is 1. The van der Waals surface area contributed by atoms with Gasteiger partial charge in [-0.05, 0) is 31.0 Å². The van der Waals surface area contributed by atoms with Gasteiger partial charge in [0.05, 0.1) is 11.6 Å². The van der Waals surface area contributed by atoms with Gasteiger partial charge in [-0.25, -0.2) is 4.39 Å². The van der Waals surface area contributed by atoms with E-state index >= 15 is 0 Å². The highest BCUT2D eigenvalue weighted by atomic mass is 35.5. The molecule has 2 N–H and O–H groups in total. The van der Waals surface area contributed by atoms with Gasteiger partial charge in [-0.15, -0.1) is 0 Å². The van der Waals surface area contributed by atoms with Crippen LogP contribution in [0.1, 0.15) is 31.9 Å². The van der Waals surface area contributed by atoms with Crippen LogP contribution in [0, 0.1) is 5.82 Å². The molecule has 0 aromatic heterocycles. The normalized spacial score (nSPS) is 14.6. The highest BCUT2D eigenvalue weighted by Crippen LogP contribution is 2.26. The molecule has 0 fully saturated rings. The van der Waals surface area contributed by atoms with Gasteiger partial charge in [0.2, 0.25) is 0 Å². The van der Waals surface area contributed by atoms with Gasteiger partial charge in [0.15, 0.2) is 0 Å². The molecule has 0 aliphatic carbocycles. The monoisotopic (exact) mass is 302 g/mol. The zero-order valence-corrected chi connectivity index (χ0v) is 13.2. The van der Waals surface area contributed by atoms with Crippen LogP contribution in [0.2, 0.25) is 5.02 Å². The lowest BCUT2D eigenvalue weighted by atomic mass is 10.0. The molecule has 0 spiro atoms. The van der Waals surface area contributed by atoms with Crippen LogP contribution < -0.4 is 5.73 Å². The minimum atomic E-state index is -0.404. The lowest BCUT2D eigenvalue weighted by Crippen LogP contribution is -2.41. The third-order valence-corrected chi connectivity index (χ3v) is 3.95. The smallest absolute Gasteiger partial charge is 0.141 e. The number of halogens is 2. The molecule has 0 heterocycles. The Morgan fingerprint density at radius 3 is 2.65 bits per heavy atom. The summed E-state index contributed by atoms with van der Waals surface area (Å²) in [4.78, 5) is 2.28. The van der Waals surface area contributed by atoms with Crippen LogP contribution in [0.15, 0.2) is 18.2 Å². The summed E-state index contributed by atoms with van der Waals surface area (Å²) in [6, 6.07) is 5.18. The van der Waals surface area contributed by atoms with Crippen molar-refractivity contribution in [2.75, 3.05) is 26.8 Å². The first-order valence-electron chi connectivity index (χ1n) is 6.94. The van der Waals surface area contributed by atoms with Crippen LogP contribution >= 0.6 is 11.6 Å². The highest BCUT2D eigenvalue weighted by molar-refractivity contribution is 6.30. The molecule has 1 rings (SSSR count). The quantitative estimate of drug-likeness (QED) is 0.801. The molecule has 20 heavy (non-hydrogen) atoms. The van der Waals surface area contributed by atoms with E-state index in [1.807, 2.05) is 0 Å². The van der Waals surface area contributed by atoms with Crippen LogP contribution in [-0.4, -0.2) is 37.7 Å². The minimum Gasteiger partial charge on any atom is -0.383 e. The van der Waals surface area contributed by atoms with E-state index < -0.39 is 5.82 Å². The predicted octanol–water partition coefficient (Wildman–Crippen LogP) is 3.23. The molecular weight excluding hydrogens is 279 g/mol. The maximum absolute atomic E-state index is 13.3. The Bertz CT molecular complexity index is 417. The standard InChI is InChI=1S/C15H24ClFN2O/c1-4-11(2)19(7-8-20-3)15(10-18)12-5-6-14(17)13(16)9-12/h5-6,9,11,15H,4,7-8,10,18H2,1-3H3. The van der Waals surface area contributed by atoms with E-state index in [0.29, 0.717) is 19.2 Å². The van der Waals surface area contributed by atoms with Crippen LogP contribution in [0.5, 0.6) is 0 Å². The highest BCUT2D eigenvalue weighted by Gasteiger charge is 2.23. The summed E-state index contributed by atoms with van der Waals surface area (Å²) in [5.74, 6) is -0.404. The van der Waals surface area contributed by atoms with Gasteiger partial charge in [-0.1, -0.05) is 24.6 Å². The van der Waals surface area contributed by atoms with E-state index in [0.717, 1.165) is 18.5 Å². The van der Waals surface area contributed by atoms with Crippen molar-refractivity contribution in [1.82, 2.24) is 4.90 Å². The van der Waals surface area contributed by atoms with E-state index in [2.05, 4.69) is 18.7 Å². The van der Waals surface area contributed by atoms with Gasteiger partial charge in [0.1, 0.15) is 5.82 Å². The average molecular weight is 303 g/mol. The third kappa shape index (κ3) is 4.42. The van der Waals surface area contributed by atoms with Crippen molar-refractivity contribution in [2.24, 2.45) is 5.73 Å². The summed E-state index contributed by atoms with van der Waals surface area (Å²) in [7, 11) is 1.68. The Morgan fingerprint density at radius 2 is 2.15 bits per heavy atom. The first-order chi connectivity index (χ1) is 9.54. The molecule has 114 valence electrons. The zero-order chi connectivity index (χ0) is 15.1. The van der Waals surface area contributed by atoms with Crippen molar-refractivity contribution < 1.29 is 9.13 Å². The second-order valence-electron chi connectivity index (χ2n) is 4.91. The van der Waals surface area contributed by atoms with Crippen molar-refractivity contribution >= 4 is 11.6 Å². The van der Waals surface area contributed by atoms with E-state index in [1.165, 1.54) is 6.07 Å². The van der Waals surface area contributed by atoms with Crippen LogP contribution in [0.3, 0.4) is 0 Å². The van der Waals surface area contributed by atoms with Gasteiger partial charge in [0, 0.05) is 32.3 Å². The topological polar surface area (TPSA) is 38.5 Å². The number of nitrogens with two attached hydrogens (primary N) is 1. The summed E-state index contributed by atoms with van der Waals surface area (Å²) < 4.78 is 18.5. The second kappa shape index (κ2) is 8.57. The van der Waals surface area contributed by atoms with Gasteiger partial charge < -0.3 is 10.5 Å². The molecule has 0 saturated carbocycles. The average Bonchev–Trinajstić information content (AvgIpc) is 2.46. The van der Waals surface area contributed by atoms with Gasteiger partial charge in [0.25, 0.3) is 0 Å². The van der Waals surface area contributed by atoms with E-state index in [9.17, 15) is 4.39 Å². The molecule has 0 aliphatic rings. The fraction of sp³-hybridized carbons (Fsp3) is 0.600. The van der Waals surface area contributed by atoms with Crippen LogP contribution in [-0.2, 0) is 4.74 Å². The fourth-order valence-corrected chi connectivity index (χ4v) is 2.49. The summed E-state index contributed by atoms with van der Waals surface area (Å²) in [5, 5.41) is 0.136. The summed E-state index contributed by atoms with van der Waals surface area (Å²) in [6.07, 6.45) is 1.01. The number of benzene rings is 1. The van der Waals surface area contributed by atoms with Crippen molar-refractivity contribution in [1.29, 1.82) is 0 Å². The SMILES string of the molecule is CCC(C)N(CCOC)C(CN)c1ccc(F)c(Cl)c1. The van der Waals surface area contributed by atoms with Crippen molar-refractivity contribution in [3.8, 4) is 0 Å². The summed E-state index contributed by atoms with van der Waals surface area (Å²) >= 11 is 5.88. The Hall–Kier alpha value is -0.680. The fourth-order valence-electron chi connectivity index (χ4n) is 2.30. The number of methoxy groups -OCH3 is 1. The molecule has 0 radical (unpaired) electrons. The Kier molecular flexibility index (Phi) is 7.45. The van der Waals surface area contributed by atoms with E-state index in [4.69, 9.17) is 22.1 Å². The zero-order valence-electron chi connectivity index (χ0n) is 12.4. The molecule has 0 amide bonds. The molecular formula is C15H24ClFN2O. The first-order valence-corrected chi connectivity index (χ1v) is 7.32. The van der Waals surface area contributed by atoms with Gasteiger partial charge >= 0.3 is 0 Å². The van der Waals surface area contributed by atoms with E-state index in [1.54, 1.807) is 19.2 Å².